The van der Waals surface area contributed by atoms with Crippen molar-refractivity contribution < 1.29 is 13.5 Å². The van der Waals surface area contributed by atoms with Crippen molar-refractivity contribution in [3.05, 3.63) is 24.4 Å². The molecule has 0 saturated carbocycles. The molecule has 0 fully saturated rings. The van der Waals surface area contributed by atoms with E-state index in [2.05, 4.69) is 4.98 Å². The van der Waals surface area contributed by atoms with Crippen molar-refractivity contribution in [2.24, 2.45) is 0 Å². The smallest absolute Gasteiger partial charge is 0.195 e. The van der Waals surface area contributed by atoms with Gasteiger partial charge in [0.15, 0.2) is 14.9 Å². The lowest BCUT2D eigenvalue weighted by molar-refractivity contribution is 0.287. The summed E-state index contributed by atoms with van der Waals surface area (Å²) in [6.45, 7) is 0.0255. The molecular formula is C9H13NO3S. The summed E-state index contributed by atoms with van der Waals surface area (Å²) >= 11 is 0. The third kappa shape index (κ3) is 3.08. The van der Waals surface area contributed by atoms with Crippen LogP contribution in [-0.2, 0) is 9.84 Å². The van der Waals surface area contributed by atoms with Crippen LogP contribution in [0.15, 0.2) is 29.4 Å². The molecule has 14 heavy (non-hydrogen) atoms. The van der Waals surface area contributed by atoms with E-state index in [9.17, 15) is 8.42 Å². The predicted molar refractivity (Wildman–Crippen MR) is 52.6 cm³/mol. The molecule has 1 heterocycles. The number of unbranched alkanes of at least 4 members (excludes halogenated alkanes) is 1. The van der Waals surface area contributed by atoms with Crippen LogP contribution < -0.4 is 0 Å². The second-order valence-electron chi connectivity index (χ2n) is 2.92. The number of aliphatic hydroxyl groups excluding tert-OH is 1. The number of nitrogens with zero attached hydrogens (tertiary/aromatic N) is 1. The van der Waals surface area contributed by atoms with Gasteiger partial charge in [-0.05, 0) is 25.0 Å². The summed E-state index contributed by atoms with van der Waals surface area (Å²) in [5.41, 5.74) is 0. The molecule has 0 aliphatic rings. The Labute approximate surface area is 83.5 Å². The molecule has 5 heteroatoms. The average Bonchev–Trinajstić information content (AvgIpc) is 2.19. The van der Waals surface area contributed by atoms with Crippen LogP contribution >= 0.6 is 0 Å². The molecule has 1 aromatic heterocycles. The van der Waals surface area contributed by atoms with Gasteiger partial charge in [-0.25, -0.2) is 13.4 Å². The van der Waals surface area contributed by atoms with Gasteiger partial charge in [0.05, 0.1) is 5.75 Å². The molecule has 0 atom stereocenters. The Morgan fingerprint density at radius 3 is 2.64 bits per heavy atom. The van der Waals surface area contributed by atoms with Crippen LogP contribution in [0, 0.1) is 0 Å². The molecule has 0 aliphatic heterocycles. The zero-order chi connectivity index (χ0) is 10.4. The van der Waals surface area contributed by atoms with E-state index in [4.69, 9.17) is 5.11 Å². The van der Waals surface area contributed by atoms with Gasteiger partial charge in [-0.3, -0.25) is 0 Å². The van der Waals surface area contributed by atoms with Crippen LogP contribution in [0.1, 0.15) is 12.8 Å². The molecule has 0 aliphatic carbocycles. The van der Waals surface area contributed by atoms with Gasteiger partial charge < -0.3 is 5.11 Å². The predicted octanol–water partition coefficient (Wildman–Crippen LogP) is 0.628. The summed E-state index contributed by atoms with van der Waals surface area (Å²) in [7, 11) is -3.25. The first-order chi connectivity index (χ1) is 6.67. The highest BCUT2D eigenvalue weighted by atomic mass is 32.2. The third-order valence-corrected chi connectivity index (χ3v) is 3.48. The van der Waals surface area contributed by atoms with E-state index in [1.54, 1.807) is 12.1 Å². The van der Waals surface area contributed by atoms with E-state index in [1.807, 2.05) is 0 Å². The minimum atomic E-state index is -3.25. The molecule has 0 radical (unpaired) electrons. The third-order valence-electron chi connectivity index (χ3n) is 1.78. The van der Waals surface area contributed by atoms with Crippen molar-refractivity contribution in [2.45, 2.75) is 17.9 Å². The molecular weight excluding hydrogens is 202 g/mol. The summed E-state index contributed by atoms with van der Waals surface area (Å²) in [6.07, 6.45) is 2.43. The SMILES string of the molecule is O=S(=O)(CCCCO)c1ccccn1. The maximum Gasteiger partial charge on any atom is 0.195 e. The number of sulfone groups is 1. The summed E-state index contributed by atoms with van der Waals surface area (Å²) in [5.74, 6) is 0.0462. The number of aliphatic hydroxyl groups is 1. The Morgan fingerprint density at radius 2 is 2.07 bits per heavy atom. The minimum Gasteiger partial charge on any atom is -0.396 e. The largest absolute Gasteiger partial charge is 0.396 e. The quantitative estimate of drug-likeness (QED) is 0.731. The van der Waals surface area contributed by atoms with Crippen molar-refractivity contribution in [3.8, 4) is 0 Å². The van der Waals surface area contributed by atoms with Gasteiger partial charge >= 0.3 is 0 Å². The summed E-state index contributed by atoms with van der Waals surface area (Å²) < 4.78 is 23.1. The molecule has 4 nitrogen and oxygen atoms in total. The molecule has 0 unspecified atom stereocenters. The van der Waals surface area contributed by atoms with Crippen molar-refractivity contribution in [1.82, 2.24) is 4.98 Å². The van der Waals surface area contributed by atoms with E-state index in [1.165, 1.54) is 12.3 Å². The standard InChI is InChI=1S/C9H13NO3S/c11-7-3-4-8-14(12,13)9-5-1-2-6-10-9/h1-2,5-6,11H,3-4,7-8H2. The van der Waals surface area contributed by atoms with Crippen molar-refractivity contribution >= 4 is 9.84 Å². The Balaban J connectivity index is 2.67. The lowest BCUT2D eigenvalue weighted by Crippen LogP contribution is -2.08. The lowest BCUT2D eigenvalue weighted by atomic mass is 10.4. The molecule has 0 aromatic carbocycles. The second kappa shape index (κ2) is 5.07. The fourth-order valence-corrected chi connectivity index (χ4v) is 2.34. The van der Waals surface area contributed by atoms with E-state index in [-0.39, 0.29) is 17.4 Å². The van der Waals surface area contributed by atoms with Gasteiger partial charge in [0.25, 0.3) is 0 Å². The summed E-state index contributed by atoms with van der Waals surface area (Å²) in [6, 6.07) is 4.80. The Morgan fingerprint density at radius 1 is 1.29 bits per heavy atom. The van der Waals surface area contributed by atoms with Gasteiger partial charge in [-0.15, -0.1) is 0 Å². The van der Waals surface area contributed by atoms with Crippen LogP contribution in [0.3, 0.4) is 0 Å². The first-order valence-electron chi connectivity index (χ1n) is 4.41. The highest BCUT2D eigenvalue weighted by molar-refractivity contribution is 7.91. The van der Waals surface area contributed by atoms with Crippen LogP contribution in [0.25, 0.3) is 0 Å². The number of pyridine rings is 1. The lowest BCUT2D eigenvalue weighted by Gasteiger charge is -2.01. The van der Waals surface area contributed by atoms with E-state index in [0.29, 0.717) is 12.8 Å². The topological polar surface area (TPSA) is 67.3 Å². The van der Waals surface area contributed by atoms with Crippen molar-refractivity contribution in [1.29, 1.82) is 0 Å². The van der Waals surface area contributed by atoms with Crippen molar-refractivity contribution in [2.75, 3.05) is 12.4 Å². The van der Waals surface area contributed by atoms with Crippen LogP contribution in [0.2, 0.25) is 0 Å². The van der Waals surface area contributed by atoms with Gasteiger partial charge in [0.1, 0.15) is 0 Å². The highest BCUT2D eigenvalue weighted by Crippen LogP contribution is 2.08. The summed E-state index contributed by atoms with van der Waals surface area (Å²) in [4.78, 5) is 3.78. The van der Waals surface area contributed by atoms with Crippen molar-refractivity contribution in [3.63, 3.8) is 0 Å². The molecule has 0 bridgehead atoms. The fourth-order valence-electron chi connectivity index (χ4n) is 1.04. The van der Waals surface area contributed by atoms with Gasteiger partial charge in [-0.2, -0.15) is 0 Å². The molecule has 0 spiro atoms. The number of hydrogen-bond donors (Lipinski definition) is 1. The molecule has 1 aromatic rings. The van der Waals surface area contributed by atoms with Crippen LogP contribution in [-0.4, -0.2) is 30.9 Å². The molecule has 1 rings (SSSR count). The zero-order valence-electron chi connectivity index (χ0n) is 7.76. The molecule has 78 valence electrons. The molecule has 0 amide bonds. The first-order valence-corrected chi connectivity index (χ1v) is 6.07. The minimum absolute atomic E-state index is 0.0255. The van der Waals surface area contributed by atoms with E-state index >= 15 is 0 Å². The Hall–Kier alpha value is -0.940. The molecule has 0 saturated heterocycles. The van der Waals surface area contributed by atoms with E-state index in [0.717, 1.165) is 0 Å². The first kappa shape index (κ1) is 11.1. The number of aromatic nitrogens is 1. The second-order valence-corrected chi connectivity index (χ2v) is 4.97. The molecule has 1 N–H and O–H groups in total. The fraction of sp³-hybridized carbons (Fsp3) is 0.444. The van der Waals surface area contributed by atoms with Crippen LogP contribution in [0.5, 0.6) is 0 Å². The average molecular weight is 215 g/mol. The summed E-state index contributed by atoms with van der Waals surface area (Å²) in [5, 5.41) is 8.63. The monoisotopic (exact) mass is 215 g/mol. The van der Waals surface area contributed by atoms with Gasteiger partial charge in [0, 0.05) is 12.8 Å². The Bertz CT molecular complexity index is 361. The maximum absolute atomic E-state index is 11.6. The van der Waals surface area contributed by atoms with Gasteiger partial charge in [0.2, 0.25) is 0 Å². The number of hydrogen-bond acceptors (Lipinski definition) is 4. The van der Waals surface area contributed by atoms with Gasteiger partial charge in [-0.1, -0.05) is 6.07 Å². The zero-order valence-corrected chi connectivity index (χ0v) is 8.57. The van der Waals surface area contributed by atoms with E-state index < -0.39 is 9.84 Å². The van der Waals surface area contributed by atoms with Crippen LogP contribution in [0.4, 0.5) is 0 Å². The normalized spacial score (nSPS) is 11.5. The number of rotatable bonds is 5. The maximum atomic E-state index is 11.6. The Kier molecular flexibility index (Phi) is 4.03. The highest BCUT2D eigenvalue weighted by Gasteiger charge is 2.14.